The number of aryl methyl sites for hydroxylation is 1. The molecule has 0 saturated heterocycles. The third kappa shape index (κ3) is 3.78. The fourth-order valence-corrected chi connectivity index (χ4v) is 3.31. The van der Waals surface area contributed by atoms with Gasteiger partial charge < -0.3 is 15.8 Å². The Kier molecular flexibility index (Phi) is 4.91. The second-order valence-corrected chi connectivity index (χ2v) is 6.86. The first-order valence-corrected chi connectivity index (χ1v) is 9.31. The molecule has 0 bridgehead atoms. The Labute approximate surface area is 168 Å². The summed E-state index contributed by atoms with van der Waals surface area (Å²) in [4.78, 5) is 12.5. The van der Waals surface area contributed by atoms with E-state index in [1.54, 1.807) is 19.2 Å². The van der Waals surface area contributed by atoms with Crippen molar-refractivity contribution in [1.29, 1.82) is 0 Å². The maximum Gasteiger partial charge on any atom is 0.255 e. The SMILES string of the molecule is COc1ccc2c(C)nn(Cc3ccc(C(=O)Nc4ccccc4N)cc3)c2c1. The normalized spacial score (nSPS) is 10.8. The number of ether oxygens (including phenoxy) is 1. The lowest BCUT2D eigenvalue weighted by molar-refractivity contribution is 0.102. The molecule has 0 fully saturated rings. The molecular weight excluding hydrogens is 364 g/mol. The van der Waals surface area contributed by atoms with Crippen LogP contribution in [-0.4, -0.2) is 22.8 Å². The molecule has 0 spiro atoms. The van der Waals surface area contributed by atoms with E-state index in [0.29, 0.717) is 23.5 Å². The van der Waals surface area contributed by atoms with Crippen LogP contribution in [0.1, 0.15) is 21.6 Å². The summed E-state index contributed by atoms with van der Waals surface area (Å²) in [7, 11) is 1.65. The molecule has 3 N–H and O–H groups in total. The number of nitrogens with one attached hydrogen (secondary N) is 1. The van der Waals surface area contributed by atoms with Gasteiger partial charge in [0.05, 0.1) is 36.2 Å². The lowest BCUT2D eigenvalue weighted by Crippen LogP contribution is -2.13. The molecule has 0 saturated carbocycles. The highest BCUT2D eigenvalue weighted by molar-refractivity contribution is 6.05. The predicted molar refractivity (Wildman–Crippen MR) is 115 cm³/mol. The third-order valence-electron chi connectivity index (χ3n) is 4.90. The number of nitrogens with two attached hydrogens (primary N) is 1. The largest absolute Gasteiger partial charge is 0.497 e. The van der Waals surface area contributed by atoms with Crippen LogP contribution in [0, 0.1) is 6.92 Å². The number of hydrogen-bond acceptors (Lipinski definition) is 4. The molecule has 1 heterocycles. The van der Waals surface area contributed by atoms with E-state index in [2.05, 4.69) is 10.4 Å². The first kappa shape index (κ1) is 18.6. The van der Waals surface area contributed by atoms with Crippen molar-refractivity contribution in [3.05, 3.63) is 83.6 Å². The van der Waals surface area contributed by atoms with Crippen molar-refractivity contribution < 1.29 is 9.53 Å². The van der Waals surface area contributed by atoms with E-state index in [-0.39, 0.29) is 5.91 Å². The summed E-state index contributed by atoms with van der Waals surface area (Å²) >= 11 is 0. The number of nitrogens with zero attached hydrogens (tertiary/aromatic N) is 2. The first-order chi connectivity index (χ1) is 14.0. The number of carbonyl (C=O) groups is 1. The van der Waals surface area contributed by atoms with Gasteiger partial charge in [0.15, 0.2) is 0 Å². The van der Waals surface area contributed by atoms with Gasteiger partial charge in [-0.15, -0.1) is 0 Å². The molecule has 0 unspecified atom stereocenters. The van der Waals surface area contributed by atoms with Gasteiger partial charge in [-0.05, 0) is 48.9 Å². The second-order valence-electron chi connectivity index (χ2n) is 6.86. The number of benzene rings is 3. The van der Waals surface area contributed by atoms with E-state index in [4.69, 9.17) is 10.5 Å². The maximum atomic E-state index is 12.5. The Morgan fingerprint density at radius 1 is 1.10 bits per heavy atom. The van der Waals surface area contributed by atoms with Crippen LogP contribution in [0.4, 0.5) is 11.4 Å². The van der Waals surface area contributed by atoms with Crippen LogP contribution < -0.4 is 15.8 Å². The van der Waals surface area contributed by atoms with Crippen molar-refractivity contribution in [2.45, 2.75) is 13.5 Å². The molecule has 6 nitrogen and oxygen atoms in total. The molecule has 1 amide bonds. The average molecular weight is 386 g/mol. The molecule has 4 rings (SSSR count). The monoisotopic (exact) mass is 386 g/mol. The van der Waals surface area contributed by atoms with Crippen molar-refractivity contribution in [3.8, 4) is 5.75 Å². The Bertz CT molecular complexity index is 1180. The van der Waals surface area contributed by atoms with Gasteiger partial charge in [0.1, 0.15) is 5.75 Å². The molecule has 3 aromatic carbocycles. The highest BCUT2D eigenvalue weighted by Crippen LogP contribution is 2.24. The zero-order valence-electron chi connectivity index (χ0n) is 16.3. The molecule has 0 aliphatic rings. The summed E-state index contributed by atoms with van der Waals surface area (Å²) in [5.74, 6) is 0.602. The molecule has 0 aliphatic heterocycles. The Hall–Kier alpha value is -3.80. The number of methoxy groups -OCH3 is 1. The lowest BCUT2D eigenvalue weighted by Gasteiger charge is -2.09. The van der Waals surface area contributed by atoms with E-state index in [1.165, 1.54) is 0 Å². The summed E-state index contributed by atoms with van der Waals surface area (Å²) in [5, 5.41) is 8.59. The number of aromatic nitrogens is 2. The quantitative estimate of drug-likeness (QED) is 0.503. The fourth-order valence-electron chi connectivity index (χ4n) is 3.31. The second kappa shape index (κ2) is 7.67. The minimum Gasteiger partial charge on any atom is -0.497 e. The number of nitrogen functional groups attached to an aromatic ring is 1. The Balaban J connectivity index is 1.54. The van der Waals surface area contributed by atoms with Gasteiger partial charge in [-0.25, -0.2) is 0 Å². The molecule has 4 aromatic rings. The first-order valence-electron chi connectivity index (χ1n) is 9.31. The highest BCUT2D eigenvalue weighted by Gasteiger charge is 2.11. The van der Waals surface area contributed by atoms with Gasteiger partial charge >= 0.3 is 0 Å². The van der Waals surface area contributed by atoms with Crippen LogP contribution in [0.25, 0.3) is 10.9 Å². The van der Waals surface area contributed by atoms with E-state index >= 15 is 0 Å². The summed E-state index contributed by atoms with van der Waals surface area (Å²) in [6.45, 7) is 2.60. The number of fused-ring (bicyclic) bond motifs is 1. The molecule has 29 heavy (non-hydrogen) atoms. The maximum absolute atomic E-state index is 12.5. The van der Waals surface area contributed by atoms with E-state index in [9.17, 15) is 4.79 Å². The zero-order chi connectivity index (χ0) is 20.4. The molecule has 146 valence electrons. The minimum atomic E-state index is -0.195. The number of rotatable bonds is 5. The smallest absolute Gasteiger partial charge is 0.255 e. The van der Waals surface area contributed by atoms with E-state index < -0.39 is 0 Å². The van der Waals surface area contributed by atoms with Gasteiger partial charge in [0.25, 0.3) is 5.91 Å². The topological polar surface area (TPSA) is 82.2 Å². The number of carbonyl (C=O) groups excluding carboxylic acids is 1. The van der Waals surface area contributed by atoms with Crippen LogP contribution in [0.5, 0.6) is 5.75 Å². The average Bonchev–Trinajstić information content (AvgIpc) is 3.05. The van der Waals surface area contributed by atoms with Gasteiger partial charge in [-0.2, -0.15) is 5.10 Å². The molecule has 1 aromatic heterocycles. The van der Waals surface area contributed by atoms with Crippen molar-refractivity contribution in [3.63, 3.8) is 0 Å². The van der Waals surface area contributed by atoms with E-state index in [0.717, 1.165) is 27.9 Å². The lowest BCUT2D eigenvalue weighted by atomic mass is 10.1. The fraction of sp³-hybridized carbons (Fsp3) is 0.130. The van der Waals surface area contributed by atoms with Crippen molar-refractivity contribution >= 4 is 28.2 Å². The van der Waals surface area contributed by atoms with Gasteiger partial charge in [-0.3, -0.25) is 9.48 Å². The Morgan fingerprint density at radius 2 is 1.86 bits per heavy atom. The van der Waals surface area contributed by atoms with Gasteiger partial charge in [-0.1, -0.05) is 24.3 Å². The highest BCUT2D eigenvalue weighted by atomic mass is 16.5. The van der Waals surface area contributed by atoms with Crippen molar-refractivity contribution in [1.82, 2.24) is 9.78 Å². The standard InChI is InChI=1S/C23H22N4O2/c1-15-19-12-11-18(29-2)13-22(19)27(26-15)14-16-7-9-17(10-8-16)23(28)25-21-6-4-3-5-20(21)24/h3-13H,14,24H2,1-2H3,(H,25,28). The molecular formula is C23H22N4O2. The summed E-state index contributed by atoms with van der Waals surface area (Å²) in [6, 6.07) is 20.6. The van der Waals surface area contributed by atoms with Crippen molar-refractivity contribution in [2.75, 3.05) is 18.2 Å². The zero-order valence-corrected chi connectivity index (χ0v) is 16.3. The number of hydrogen-bond donors (Lipinski definition) is 2. The molecule has 6 heteroatoms. The summed E-state index contributed by atoms with van der Waals surface area (Å²) in [5.41, 5.74) is 10.6. The van der Waals surface area contributed by atoms with Crippen LogP contribution in [0.3, 0.4) is 0 Å². The van der Waals surface area contributed by atoms with Gasteiger partial charge in [0, 0.05) is 17.0 Å². The van der Waals surface area contributed by atoms with Gasteiger partial charge in [0.2, 0.25) is 0 Å². The summed E-state index contributed by atoms with van der Waals surface area (Å²) in [6.07, 6.45) is 0. The number of amides is 1. The van der Waals surface area contributed by atoms with Crippen molar-refractivity contribution in [2.24, 2.45) is 0 Å². The minimum absolute atomic E-state index is 0.195. The third-order valence-corrected chi connectivity index (χ3v) is 4.90. The van der Waals surface area contributed by atoms with Crippen LogP contribution in [0.2, 0.25) is 0 Å². The van der Waals surface area contributed by atoms with Crippen LogP contribution in [-0.2, 0) is 6.54 Å². The Morgan fingerprint density at radius 3 is 2.59 bits per heavy atom. The molecule has 0 aliphatic carbocycles. The molecule has 0 radical (unpaired) electrons. The summed E-state index contributed by atoms with van der Waals surface area (Å²) < 4.78 is 7.29. The van der Waals surface area contributed by atoms with Crippen LogP contribution >= 0.6 is 0 Å². The molecule has 0 atom stereocenters. The number of para-hydroxylation sites is 2. The van der Waals surface area contributed by atoms with Crippen LogP contribution in [0.15, 0.2) is 66.7 Å². The predicted octanol–water partition coefficient (Wildman–Crippen LogP) is 4.24. The van der Waals surface area contributed by atoms with E-state index in [1.807, 2.05) is 66.2 Å². The number of anilines is 2.